The molecular weight excluding hydrogens is 206 g/mol. The van der Waals surface area contributed by atoms with Crippen molar-refractivity contribution in [3.8, 4) is 17.2 Å². The van der Waals surface area contributed by atoms with E-state index in [9.17, 15) is 0 Å². The smallest absolute Gasteiger partial charge is 0.203 e. The lowest BCUT2D eigenvalue weighted by Crippen LogP contribution is -2.16. The summed E-state index contributed by atoms with van der Waals surface area (Å²) in [6.07, 6.45) is 1.84. The minimum absolute atomic E-state index is 0.573. The van der Waals surface area contributed by atoms with Gasteiger partial charge in [-0.1, -0.05) is 6.07 Å². The fourth-order valence-corrected chi connectivity index (χ4v) is 1.84. The van der Waals surface area contributed by atoms with Crippen LogP contribution in [0.4, 0.5) is 0 Å². The van der Waals surface area contributed by atoms with E-state index in [4.69, 9.17) is 19.9 Å². The molecule has 0 unspecified atom stereocenters. The standard InChI is InChI=1S/C12H17NO3/c1-14-11-9(3-2-6-13)4-5-10-12(11)16-8-7-15-10/h4-5H,2-3,6-8,13H2,1H3. The molecule has 88 valence electrons. The Bertz CT molecular complexity index is 366. The zero-order valence-corrected chi connectivity index (χ0v) is 9.49. The first-order valence-corrected chi connectivity index (χ1v) is 5.52. The Morgan fingerprint density at radius 3 is 2.88 bits per heavy atom. The van der Waals surface area contributed by atoms with Crippen molar-refractivity contribution in [2.45, 2.75) is 12.8 Å². The third-order valence-electron chi connectivity index (χ3n) is 2.60. The van der Waals surface area contributed by atoms with E-state index in [0.717, 1.165) is 35.7 Å². The Morgan fingerprint density at radius 2 is 2.12 bits per heavy atom. The van der Waals surface area contributed by atoms with E-state index in [1.165, 1.54) is 0 Å². The average Bonchev–Trinajstić information content (AvgIpc) is 2.35. The maximum absolute atomic E-state index is 5.58. The second-order valence-electron chi connectivity index (χ2n) is 3.67. The number of aryl methyl sites for hydroxylation is 1. The summed E-state index contributed by atoms with van der Waals surface area (Å²) in [5.41, 5.74) is 6.63. The Morgan fingerprint density at radius 1 is 1.31 bits per heavy atom. The monoisotopic (exact) mass is 223 g/mol. The molecule has 1 aliphatic heterocycles. The molecule has 0 amide bonds. The zero-order chi connectivity index (χ0) is 11.4. The van der Waals surface area contributed by atoms with Gasteiger partial charge in [0.1, 0.15) is 13.2 Å². The highest BCUT2D eigenvalue weighted by atomic mass is 16.6. The molecule has 0 saturated heterocycles. The highest BCUT2D eigenvalue weighted by Crippen LogP contribution is 2.41. The lowest BCUT2D eigenvalue weighted by molar-refractivity contribution is 0.164. The minimum atomic E-state index is 0.573. The van der Waals surface area contributed by atoms with Gasteiger partial charge in [-0.15, -0.1) is 0 Å². The van der Waals surface area contributed by atoms with Gasteiger partial charge in [0.2, 0.25) is 5.75 Å². The topological polar surface area (TPSA) is 53.7 Å². The fourth-order valence-electron chi connectivity index (χ4n) is 1.84. The van der Waals surface area contributed by atoms with Crippen LogP contribution in [0.25, 0.3) is 0 Å². The van der Waals surface area contributed by atoms with Crippen LogP contribution in [-0.2, 0) is 6.42 Å². The minimum Gasteiger partial charge on any atom is -0.492 e. The van der Waals surface area contributed by atoms with Crippen molar-refractivity contribution in [2.75, 3.05) is 26.9 Å². The van der Waals surface area contributed by atoms with Crippen molar-refractivity contribution in [3.05, 3.63) is 17.7 Å². The predicted molar refractivity (Wildman–Crippen MR) is 61.4 cm³/mol. The predicted octanol–water partition coefficient (Wildman–Crippen LogP) is 1.36. The van der Waals surface area contributed by atoms with E-state index >= 15 is 0 Å². The van der Waals surface area contributed by atoms with Gasteiger partial charge in [0.25, 0.3) is 0 Å². The lowest BCUT2D eigenvalue weighted by Gasteiger charge is -2.22. The van der Waals surface area contributed by atoms with Gasteiger partial charge < -0.3 is 19.9 Å². The Hall–Kier alpha value is -1.42. The van der Waals surface area contributed by atoms with Gasteiger partial charge in [-0.2, -0.15) is 0 Å². The number of fused-ring (bicyclic) bond motifs is 1. The average molecular weight is 223 g/mol. The number of hydrogen-bond acceptors (Lipinski definition) is 4. The molecule has 0 radical (unpaired) electrons. The van der Waals surface area contributed by atoms with E-state index < -0.39 is 0 Å². The molecule has 4 heteroatoms. The maximum Gasteiger partial charge on any atom is 0.203 e. The molecule has 0 bridgehead atoms. The first kappa shape index (κ1) is 11.1. The number of benzene rings is 1. The number of rotatable bonds is 4. The molecule has 1 aromatic carbocycles. The number of nitrogens with two attached hydrogens (primary N) is 1. The number of hydrogen-bond donors (Lipinski definition) is 1. The molecule has 2 N–H and O–H groups in total. The van der Waals surface area contributed by atoms with Crippen molar-refractivity contribution in [2.24, 2.45) is 5.73 Å². The van der Waals surface area contributed by atoms with Crippen LogP contribution in [0.3, 0.4) is 0 Å². The Labute approximate surface area is 95.3 Å². The van der Waals surface area contributed by atoms with Crippen LogP contribution >= 0.6 is 0 Å². The van der Waals surface area contributed by atoms with E-state index in [1.54, 1.807) is 7.11 Å². The Balaban J connectivity index is 2.31. The van der Waals surface area contributed by atoms with Crippen molar-refractivity contribution in [3.63, 3.8) is 0 Å². The summed E-state index contributed by atoms with van der Waals surface area (Å²) in [5, 5.41) is 0. The molecule has 4 nitrogen and oxygen atoms in total. The second-order valence-corrected chi connectivity index (χ2v) is 3.67. The van der Waals surface area contributed by atoms with Crippen LogP contribution in [-0.4, -0.2) is 26.9 Å². The van der Waals surface area contributed by atoms with Gasteiger partial charge in [0.15, 0.2) is 11.5 Å². The van der Waals surface area contributed by atoms with Gasteiger partial charge >= 0.3 is 0 Å². The fraction of sp³-hybridized carbons (Fsp3) is 0.500. The van der Waals surface area contributed by atoms with Gasteiger partial charge in [0, 0.05) is 0 Å². The molecule has 1 aromatic rings. The summed E-state index contributed by atoms with van der Waals surface area (Å²) in [4.78, 5) is 0. The highest BCUT2D eigenvalue weighted by Gasteiger charge is 2.19. The number of methoxy groups -OCH3 is 1. The lowest BCUT2D eigenvalue weighted by atomic mass is 10.1. The molecule has 0 aromatic heterocycles. The van der Waals surface area contributed by atoms with Crippen molar-refractivity contribution >= 4 is 0 Å². The third kappa shape index (κ3) is 2.07. The van der Waals surface area contributed by atoms with Crippen LogP contribution in [0, 0.1) is 0 Å². The summed E-state index contributed by atoms with van der Waals surface area (Å²) in [7, 11) is 1.65. The van der Waals surface area contributed by atoms with Crippen molar-refractivity contribution < 1.29 is 14.2 Å². The van der Waals surface area contributed by atoms with E-state index in [-0.39, 0.29) is 0 Å². The SMILES string of the molecule is COc1c(CCCN)ccc2c1OCCO2. The molecule has 0 atom stereocenters. The van der Waals surface area contributed by atoms with Crippen molar-refractivity contribution in [1.29, 1.82) is 0 Å². The van der Waals surface area contributed by atoms with E-state index in [1.807, 2.05) is 12.1 Å². The quantitative estimate of drug-likeness (QED) is 0.837. The highest BCUT2D eigenvalue weighted by molar-refractivity contribution is 5.56. The molecular formula is C12H17NO3. The molecule has 0 saturated carbocycles. The zero-order valence-electron chi connectivity index (χ0n) is 9.49. The first-order chi connectivity index (χ1) is 7.86. The summed E-state index contributed by atoms with van der Waals surface area (Å²) in [6.45, 7) is 1.85. The van der Waals surface area contributed by atoms with Crippen LogP contribution in [0.15, 0.2) is 12.1 Å². The van der Waals surface area contributed by atoms with Gasteiger partial charge in [-0.05, 0) is 31.0 Å². The normalized spacial score (nSPS) is 13.6. The van der Waals surface area contributed by atoms with Gasteiger partial charge in [0.05, 0.1) is 7.11 Å². The third-order valence-corrected chi connectivity index (χ3v) is 2.60. The number of ether oxygens (including phenoxy) is 3. The van der Waals surface area contributed by atoms with Crippen LogP contribution in [0.2, 0.25) is 0 Å². The summed E-state index contributed by atoms with van der Waals surface area (Å²) < 4.78 is 16.5. The van der Waals surface area contributed by atoms with Crippen LogP contribution in [0.1, 0.15) is 12.0 Å². The second kappa shape index (κ2) is 5.07. The van der Waals surface area contributed by atoms with Crippen molar-refractivity contribution in [1.82, 2.24) is 0 Å². The molecule has 16 heavy (non-hydrogen) atoms. The van der Waals surface area contributed by atoms with Crippen LogP contribution < -0.4 is 19.9 Å². The largest absolute Gasteiger partial charge is 0.492 e. The molecule has 0 aliphatic carbocycles. The molecule has 2 rings (SSSR count). The molecule has 1 heterocycles. The Kier molecular flexibility index (Phi) is 3.51. The summed E-state index contributed by atoms with van der Waals surface area (Å²) >= 11 is 0. The summed E-state index contributed by atoms with van der Waals surface area (Å²) in [6, 6.07) is 3.95. The van der Waals surface area contributed by atoms with E-state index in [0.29, 0.717) is 19.8 Å². The molecule has 0 spiro atoms. The molecule has 0 fully saturated rings. The first-order valence-electron chi connectivity index (χ1n) is 5.52. The van der Waals surface area contributed by atoms with E-state index in [2.05, 4.69) is 0 Å². The maximum atomic E-state index is 5.58. The summed E-state index contributed by atoms with van der Waals surface area (Å²) in [5.74, 6) is 2.27. The van der Waals surface area contributed by atoms with Gasteiger partial charge in [-0.3, -0.25) is 0 Å². The van der Waals surface area contributed by atoms with Crippen LogP contribution in [0.5, 0.6) is 17.2 Å². The molecule has 1 aliphatic rings. The van der Waals surface area contributed by atoms with Gasteiger partial charge in [-0.25, -0.2) is 0 Å².